The third-order valence-corrected chi connectivity index (χ3v) is 1.57. The highest BCUT2D eigenvalue weighted by Crippen LogP contribution is 2.25. The quantitative estimate of drug-likeness (QED) is 0.805. The molecule has 1 N–H and O–H groups in total. The maximum atomic E-state index is 11.8. The maximum absolute atomic E-state index is 11.8. The predicted molar refractivity (Wildman–Crippen MR) is 43.8 cm³/mol. The molecule has 0 radical (unpaired) electrons. The normalized spacial score (nSPS) is 13.8. The summed E-state index contributed by atoms with van der Waals surface area (Å²) in [5, 5.41) is 9.11. The Balaban J connectivity index is 2.84. The SMILES string of the molecule is C[C@H](O)c1cccc(OC(F)(F)F)c1. The third-order valence-electron chi connectivity index (χ3n) is 1.57. The van der Waals surface area contributed by atoms with Crippen LogP contribution in [0, 0.1) is 0 Å². The Morgan fingerprint density at radius 2 is 2.00 bits per heavy atom. The largest absolute Gasteiger partial charge is 0.573 e. The summed E-state index contributed by atoms with van der Waals surface area (Å²) >= 11 is 0. The second-order valence-corrected chi connectivity index (χ2v) is 2.80. The van der Waals surface area contributed by atoms with Gasteiger partial charge in [0.1, 0.15) is 5.75 Å². The van der Waals surface area contributed by atoms with Crippen molar-refractivity contribution >= 4 is 0 Å². The average Bonchev–Trinajstić information content (AvgIpc) is 2.01. The van der Waals surface area contributed by atoms with Crippen LogP contribution in [0.1, 0.15) is 18.6 Å². The van der Waals surface area contributed by atoms with E-state index in [1.165, 1.54) is 25.1 Å². The summed E-state index contributed by atoms with van der Waals surface area (Å²) in [5.41, 5.74) is 0.381. The lowest BCUT2D eigenvalue weighted by molar-refractivity contribution is -0.274. The number of halogens is 3. The zero-order valence-electron chi connectivity index (χ0n) is 7.38. The molecule has 1 aromatic rings. The first kappa shape index (κ1) is 10.8. The highest BCUT2D eigenvalue weighted by molar-refractivity contribution is 5.29. The van der Waals surface area contributed by atoms with Crippen LogP contribution in [0.5, 0.6) is 5.75 Å². The molecule has 0 fully saturated rings. The van der Waals surface area contributed by atoms with Crippen molar-refractivity contribution in [2.24, 2.45) is 0 Å². The molecule has 0 aliphatic carbocycles. The topological polar surface area (TPSA) is 29.5 Å². The molecule has 0 spiro atoms. The van der Waals surface area contributed by atoms with E-state index in [0.717, 1.165) is 6.07 Å². The molecule has 0 aliphatic rings. The average molecular weight is 206 g/mol. The first-order valence-electron chi connectivity index (χ1n) is 3.92. The van der Waals surface area contributed by atoms with Crippen molar-refractivity contribution < 1.29 is 23.0 Å². The number of aliphatic hydroxyl groups excluding tert-OH is 1. The molecule has 0 saturated heterocycles. The number of benzene rings is 1. The fourth-order valence-corrected chi connectivity index (χ4v) is 0.972. The van der Waals surface area contributed by atoms with Gasteiger partial charge in [0.25, 0.3) is 0 Å². The molecule has 1 rings (SSSR count). The molecule has 1 aromatic carbocycles. The Kier molecular flexibility index (Phi) is 3.00. The van der Waals surface area contributed by atoms with Gasteiger partial charge in [-0.1, -0.05) is 12.1 Å². The fourth-order valence-electron chi connectivity index (χ4n) is 0.972. The number of hydrogen-bond acceptors (Lipinski definition) is 2. The standard InChI is InChI=1S/C9H9F3O2/c1-6(13)7-3-2-4-8(5-7)14-9(10,11)12/h2-6,13H,1H3/t6-/m0/s1. The summed E-state index contributed by atoms with van der Waals surface area (Å²) in [6.07, 6.45) is -5.51. The first-order valence-corrected chi connectivity index (χ1v) is 3.92. The van der Waals surface area contributed by atoms with Crippen LogP contribution in [0.4, 0.5) is 13.2 Å². The Labute approximate surface area is 78.9 Å². The van der Waals surface area contributed by atoms with Gasteiger partial charge in [-0.3, -0.25) is 0 Å². The Morgan fingerprint density at radius 3 is 2.50 bits per heavy atom. The minimum absolute atomic E-state index is 0.323. The maximum Gasteiger partial charge on any atom is 0.573 e. The minimum atomic E-state index is -4.70. The molecule has 2 nitrogen and oxygen atoms in total. The first-order chi connectivity index (χ1) is 6.38. The molecule has 1 atom stereocenters. The van der Waals surface area contributed by atoms with Crippen LogP contribution >= 0.6 is 0 Å². The summed E-state index contributed by atoms with van der Waals surface area (Å²) in [7, 11) is 0. The molecular weight excluding hydrogens is 197 g/mol. The molecule has 14 heavy (non-hydrogen) atoms. The molecule has 0 saturated carbocycles. The van der Waals surface area contributed by atoms with Gasteiger partial charge < -0.3 is 9.84 Å². The Hall–Kier alpha value is -1.23. The lowest BCUT2D eigenvalue weighted by Gasteiger charge is -2.10. The van der Waals surface area contributed by atoms with Crippen LogP contribution in [0.15, 0.2) is 24.3 Å². The molecule has 78 valence electrons. The summed E-state index contributed by atoms with van der Waals surface area (Å²) < 4.78 is 39.0. The number of ether oxygens (including phenoxy) is 1. The number of aliphatic hydroxyl groups is 1. The number of alkyl halides is 3. The van der Waals surface area contributed by atoms with Crippen molar-refractivity contribution in [3.63, 3.8) is 0 Å². The van der Waals surface area contributed by atoms with Crippen LogP contribution in [0.3, 0.4) is 0 Å². The highest BCUT2D eigenvalue weighted by atomic mass is 19.4. The van der Waals surface area contributed by atoms with Crippen LogP contribution < -0.4 is 4.74 Å². The summed E-state index contributed by atoms with van der Waals surface area (Å²) in [4.78, 5) is 0. The van der Waals surface area contributed by atoms with Gasteiger partial charge in [-0.2, -0.15) is 0 Å². The molecular formula is C9H9F3O2. The summed E-state index contributed by atoms with van der Waals surface area (Å²) in [5.74, 6) is -0.323. The van der Waals surface area contributed by atoms with Gasteiger partial charge >= 0.3 is 6.36 Å². The van der Waals surface area contributed by atoms with E-state index in [9.17, 15) is 13.2 Å². The predicted octanol–water partition coefficient (Wildman–Crippen LogP) is 2.64. The number of hydrogen-bond donors (Lipinski definition) is 1. The van der Waals surface area contributed by atoms with Crippen molar-refractivity contribution in [1.29, 1.82) is 0 Å². The van der Waals surface area contributed by atoms with Gasteiger partial charge in [0.05, 0.1) is 6.10 Å². The molecule has 5 heteroatoms. The van der Waals surface area contributed by atoms with Crippen LogP contribution in [0.2, 0.25) is 0 Å². The lowest BCUT2D eigenvalue weighted by atomic mass is 10.1. The summed E-state index contributed by atoms with van der Waals surface area (Å²) in [6, 6.07) is 5.24. The molecule has 0 unspecified atom stereocenters. The smallest absolute Gasteiger partial charge is 0.406 e. The van der Waals surface area contributed by atoms with Gasteiger partial charge in [0.15, 0.2) is 0 Å². The zero-order chi connectivity index (χ0) is 10.8. The van der Waals surface area contributed by atoms with E-state index in [1.54, 1.807) is 0 Å². The van der Waals surface area contributed by atoms with Crippen LogP contribution in [0.25, 0.3) is 0 Å². The third kappa shape index (κ3) is 3.26. The van der Waals surface area contributed by atoms with Gasteiger partial charge in [-0.25, -0.2) is 0 Å². The molecule has 0 aromatic heterocycles. The van der Waals surface area contributed by atoms with Crippen LogP contribution in [-0.2, 0) is 0 Å². The second-order valence-electron chi connectivity index (χ2n) is 2.80. The van der Waals surface area contributed by atoms with E-state index in [4.69, 9.17) is 5.11 Å². The second kappa shape index (κ2) is 3.88. The number of rotatable bonds is 2. The molecule has 0 bridgehead atoms. The monoisotopic (exact) mass is 206 g/mol. The zero-order valence-corrected chi connectivity index (χ0v) is 7.38. The van der Waals surface area contributed by atoms with E-state index in [2.05, 4.69) is 4.74 Å². The van der Waals surface area contributed by atoms with E-state index < -0.39 is 12.5 Å². The van der Waals surface area contributed by atoms with E-state index in [-0.39, 0.29) is 5.75 Å². The van der Waals surface area contributed by atoms with E-state index in [1.807, 2.05) is 0 Å². The minimum Gasteiger partial charge on any atom is -0.406 e. The molecule has 0 heterocycles. The van der Waals surface area contributed by atoms with Gasteiger partial charge in [-0.05, 0) is 24.6 Å². The van der Waals surface area contributed by atoms with E-state index >= 15 is 0 Å². The van der Waals surface area contributed by atoms with E-state index in [0.29, 0.717) is 5.56 Å². The fraction of sp³-hybridized carbons (Fsp3) is 0.333. The Bertz CT molecular complexity index is 307. The van der Waals surface area contributed by atoms with Gasteiger partial charge in [0, 0.05) is 0 Å². The molecule has 0 aliphatic heterocycles. The highest BCUT2D eigenvalue weighted by Gasteiger charge is 2.31. The van der Waals surface area contributed by atoms with Crippen molar-refractivity contribution in [2.75, 3.05) is 0 Å². The lowest BCUT2D eigenvalue weighted by Crippen LogP contribution is -2.17. The van der Waals surface area contributed by atoms with Gasteiger partial charge in [-0.15, -0.1) is 13.2 Å². The van der Waals surface area contributed by atoms with Crippen molar-refractivity contribution in [3.05, 3.63) is 29.8 Å². The van der Waals surface area contributed by atoms with Crippen molar-refractivity contribution in [2.45, 2.75) is 19.4 Å². The van der Waals surface area contributed by atoms with Crippen molar-refractivity contribution in [1.82, 2.24) is 0 Å². The van der Waals surface area contributed by atoms with Gasteiger partial charge in [0.2, 0.25) is 0 Å². The molecule has 0 amide bonds. The van der Waals surface area contributed by atoms with Crippen LogP contribution in [-0.4, -0.2) is 11.5 Å². The summed E-state index contributed by atoms with van der Waals surface area (Å²) in [6.45, 7) is 1.46. The Morgan fingerprint density at radius 1 is 1.36 bits per heavy atom. The van der Waals surface area contributed by atoms with Crippen molar-refractivity contribution in [3.8, 4) is 5.75 Å².